The Hall–Kier alpha value is -0.920. The molecule has 46 valence electrons. The third-order valence-electron chi connectivity index (χ3n) is 0.943. The van der Waals surface area contributed by atoms with E-state index in [4.69, 9.17) is 11.5 Å². The van der Waals surface area contributed by atoms with Crippen LogP contribution in [0.25, 0.3) is 0 Å². The normalized spacial score (nSPS) is 8.12. The molecule has 0 aliphatic rings. The van der Waals surface area contributed by atoms with Crippen LogP contribution in [0.1, 0.15) is 13.3 Å². The van der Waals surface area contributed by atoms with E-state index in [1.165, 1.54) is 0 Å². The Labute approximate surface area is 49.9 Å². The molecular formula is C6H12N2. The lowest BCUT2D eigenvalue weighted by atomic mass is 10.2. The van der Waals surface area contributed by atoms with Gasteiger partial charge >= 0.3 is 0 Å². The molecule has 4 N–H and O–H groups in total. The van der Waals surface area contributed by atoms with Crippen LogP contribution in [0.4, 0.5) is 0 Å². The van der Waals surface area contributed by atoms with Crippen molar-refractivity contribution in [2.45, 2.75) is 13.3 Å². The van der Waals surface area contributed by atoms with E-state index in [2.05, 4.69) is 6.58 Å². The predicted molar refractivity (Wildman–Crippen MR) is 35.9 cm³/mol. The molecule has 0 heterocycles. The summed E-state index contributed by atoms with van der Waals surface area (Å²) in [6.07, 6.45) is 2.55. The fourth-order valence-corrected chi connectivity index (χ4v) is 0.334. The molecule has 0 amide bonds. The van der Waals surface area contributed by atoms with Gasteiger partial charge in [-0.15, -0.1) is 6.58 Å². The van der Waals surface area contributed by atoms with Gasteiger partial charge in [0, 0.05) is 0 Å². The molecule has 0 aromatic rings. The molecule has 8 heavy (non-hydrogen) atoms. The monoisotopic (exact) mass is 112 g/mol. The van der Waals surface area contributed by atoms with Crippen molar-refractivity contribution >= 4 is 0 Å². The highest BCUT2D eigenvalue weighted by Gasteiger charge is 1.86. The second kappa shape index (κ2) is 3.13. The molecule has 0 aromatic carbocycles. The minimum absolute atomic E-state index is 0.407. The molecule has 0 fully saturated rings. The lowest BCUT2D eigenvalue weighted by Gasteiger charge is -1.95. The summed E-state index contributed by atoms with van der Waals surface area (Å²) in [5.74, 6) is 0.407. The Balaban J connectivity index is 3.79. The Morgan fingerprint density at radius 1 is 1.62 bits per heavy atom. The van der Waals surface area contributed by atoms with Gasteiger partial charge in [0.05, 0.1) is 5.82 Å². The quantitative estimate of drug-likeness (QED) is 0.517. The van der Waals surface area contributed by atoms with Crippen molar-refractivity contribution in [1.82, 2.24) is 0 Å². The van der Waals surface area contributed by atoms with Crippen molar-refractivity contribution in [1.29, 1.82) is 0 Å². The van der Waals surface area contributed by atoms with Crippen molar-refractivity contribution in [3.05, 3.63) is 24.0 Å². The van der Waals surface area contributed by atoms with Crippen molar-refractivity contribution < 1.29 is 0 Å². The van der Waals surface area contributed by atoms with Gasteiger partial charge in [-0.05, 0) is 18.9 Å². The van der Waals surface area contributed by atoms with Crippen LogP contribution in [0.15, 0.2) is 24.0 Å². The standard InChI is InChI=1S/C6H12N2/c1-3-4-5(2)6(7)8/h3H,1,4,7-8H2,2H3. The molecule has 0 aliphatic carbocycles. The Morgan fingerprint density at radius 2 is 2.12 bits per heavy atom. The fraction of sp³-hybridized carbons (Fsp3) is 0.333. The summed E-state index contributed by atoms with van der Waals surface area (Å²) in [4.78, 5) is 0. The summed E-state index contributed by atoms with van der Waals surface area (Å²) in [6.45, 7) is 5.42. The van der Waals surface area contributed by atoms with Gasteiger partial charge in [-0.3, -0.25) is 0 Å². The fourth-order valence-electron chi connectivity index (χ4n) is 0.334. The van der Waals surface area contributed by atoms with E-state index in [9.17, 15) is 0 Å². The first-order valence-corrected chi connectivity index (χ1v) is 2.50. The number of hydrogen-bond donors (Lipinski definition) is 2. The number of nitrogens with two attached hydrogens (primary N) is 2. The van der Waals surface area contributed by atoms with Crippen LogP contribution in [0.5, 0.6) is 0 Å². The van der Waals surface area contributed by atoms with Crippen molar-refractivity contribution in [3.8, 4) is 0 Å². The molecule has 0 unspecified atom stereocenters. The summed E-state index contributed by atoms with van der Waals surface area (Å²) < 4.78 is 0. The van der Waals surface area contributed by atoms with Gasteiger partial charge in [0.25, 0.3) is 0 Å². The molecule has 0 saturated heterocycles. The van der Waals surface area contributed by atoms with Gasteiger partial charge in [0.2, 0.25) is 0 Å². The van der Waals surface area contributed by atoms with Gasteiger partial charge in [-0.2, -0.15) is 0 Å². The molecule has 2 nitrogen and oxygen atoms in total. The van der Waals surface area contributed by atoms with E-state index < -0.39 is 0 Å². The third-order valence-corrected chi connectivity index (χ3v) is 0.943. The van der Waals surface area contributed by atoms with Crippen LogP contribution in [-0.2, 0) is 0 Å². The van der Waals surface area contributed by atoms with Crippen molar-refractivity contribution in [2.24, 2.45) is 11.5 Å². The van der Waals surface area contributed by atoms with E-state index in [0.717, 1.165) is 12.0 Å². The van der Waals surface area contributed by atoms with E-state index in [1.807, 2.05) is 6.92 Å². The second-order valence-corrected chi connectivity index (χ2v) is 1.73. The zero-order chi connectivity index (χ0) is 6.57. The minimum atomic E-state index is 0.407. The largest absolute Gasteiger partial charge is 0.386 e. The molecular weight excluding hydrogens is 100 g/mol. The Kier molecular flexibility index (Phi) is 2.77. The van der Waals surface area contributed by atoms with Crippen molar-refractivity contribution in [3.63, 3.8) is 0 Å². The van der Waals surface area contributed by atoms with Crippen LogP contribution in [0.3, 0.4) is 0 Å². The lowest BCUT2D eigenvalue weighted by molar-refractivity contribution is 1.09. The van der Waals surface area contributed by atoms with E-state index in [-0.39, 0.29) is 0 Å². The highest BCUT2D eigenvalue weighted by Crippen LogP contribution is 1.98. The number of allylic oxidation sites excluding steroid dienone is 2. The highest BCUT2D eigenvalue weighted by molar-refractivity contribution is 5.07. The summed E-state index contributed by atoms with van der Waals surface area (Å²) in [6, 6.07) is 0. The average molecular weight is 112 g/mol. The Bertz CT molecular complexity index is 110. The maximum atomic E-state index is 5.23. The predicted octanol–water partition coefficient (Wildman–Crippen LogP) is 0.711. The van der Waals surface area contributed by atoms with Gasteiger partial charge in [0.15, 0.2) is 0 Å². The molecule has 0 aliphatic heterocycles. The smallest absolute Gasteiger partial charge is 0.0925 e. The maximum Gasteiger partial charge on any atom is 0.0925 e. The summed E-state index contributed by atoms with van der Waals surface area (Å²) in [5, 5.41) is 0. The zero-order valence-corrected chi connectivity index (χ0v) is 5.15. The minimum Gasteiger partial charge on any atom is -0.386 e. The first-order chi connectivity index (χ1) is 3.68. The molecule has 0 atom stereocenters. The van der Waals surface area contributed by atoms with Crippen LogP contribution < -0.4 is 11.5 Å². The summed E-state index contributed by atoms with van der Waals surface area (Å²) in [5.41, 5.74) is 11.4. The molecule has 0 saturated carbocycles. The van der Waals surface area contributed by atoms with Gasteiger partial charge in [-0.25, -0.2) is 0 Å². The number of hydrogen-bond acceptors (Lipinski definition) is 2. The molecule has 0 aromatic heterocycles. The van der Waals surface area contributed by atoms with Gasteiger partial charge in [0.1, 0.15) is 0 Å². The van der Waals surface area contributed by atoms with Crippen LogP contribution in [0.2, 0.25) is 0 Å². The van der Waals surface area contributed by atoms with Crippen LogP contribution in [0, 0.1) is 0 Å². The second-order valence-electron chi connectivity index (χ2n) is 1.73. The SMILES string of the molecule is C=CCC(C)=C(N)N. The number of rotatable bonds is 2. The average Bonchev–Trinajstić information content (AvgIpc) is 1.67. The maximum absolute atomic E-state index is 5.23. The lowest BCUT2D eigenvalue weighted by Crippen LogP contribution is -2.10. The molecule has 0 spiro atoms. The molecule has 0 rings (SSSR count). The highest BCUT2D eigenvalue weighted by atomic mass is 14.8. The summed E-state index contributed by atoms with van der Waals surface area (Å²) in [7, 11) is 0. The zero-order valence-electron chi connectivity index (χ0n) is 5.15. The van der Waals surface area contributed by atoms with Crippen LogP contribution in [-0.4, -0.2) is 0 Å². The first kappa shape index (κ1) is 7.08. The first-order valence-electron chi connectivity index (χ1n) is 2.50. The third kappa shape index (κ3) is 2.29. The summed E-state index contributed by atoms with van der Waals surface area (Å²) >= 11 is 0. The van der Waals surface area contributed by atoms with E-state index >= 15 is 0 Å². The molecule has 0 radical (unpaired) electrons. The topological polar surface area (TPSA) is 52.0 Å². The Morgan fingerprint density at radius 3 is 2.25 bits per heavy atom. The molecule has 0 bridgehead atoms. The van der Waals surface area contributed by atoms with Crippen LogP contribution >= 0.6 is 0 Å². The molecule has 2 heteroatoms. The van der Waals surface area contributed by atoms with E-state index in [1.54, 1.807) is 6.08 Å². The van der Waals surface area contributed by atoms with Gasteiger partial charge in [-0.1, -0.05) is 6.08 Å². The van der Waals surface area contributed by atoms with Crippen molar-refractivity contribution in [2.75, 3.05) is 0 Å². The van der Waals surface area contributed by atoms with E-state index in [0.29, 0.717) is 5.82 Å². The van der Waals surface area contributed by atoms with Gasteiger partial charge < -0.3 is 11.5 Å².